The zero-order valence-corrected chi connectivity index (χ0v) is 15.9. The van der Waals surface area contributed by atoms with Gasteiger partial charge < -0.3 is 9.64 Å². The fourth-order valence-electron chi connectivity index (χ4n) is 2.93. The Morgan fingerprint density at radius 1 is 0.786 bits per heavy atom. The first-order valence-corrected chi connectivity index (χ1v) is 9.29. The van der Waals surface area contributed by atoms with E-state index in [9.17, 15) is 9.59 Å². The van der Waals surface area contributed by atoms with Crippen molar-refractivity contribution >= 4 is 11.7 Å². The lowest BCUT2D eigenvalue weighted by molar-refractivity contribution is 0.0783. The van der Waals surface area contributed by atoms with E-state index in [-0.39, 0.29) is 11.7 Å². The first-order valence-electron chi connectivity index (χ1n) is 9.29. The van der Waals surface area contributed by atoms with E-state index in [4.69, 9.17) is 4.74 Å². The summed E-state index contributed by atoms with van der Waals surface area (Å²) in [5.41, 5.74) is 1.41. The van der Waals surface area contributed by atoms with Crippen molar-refractivity contribution in [2.75, 3.05) is 20.2 Å². The van der Waals surface area contributed by atoms with Gasteiger partial charge in [-0.25, -0.2) is 0 Å². The fourth-order valence-corrected chi connectivity index (χ4v) is 2.93. The van der Waals surface area contributed by atoms with Crippen LogP contribution in [-0.2, 0) is 0 Å². The van der Waals surface area contributed by atoms with Crippen molar-refractivity contribution in [3.8, 4) is 5.75 Å². The molecule has 0 heterocycles. The maximum atomic E-state index is 12.9. The third kappa shape index (κ3) is 4.86. The average Bonchev–Trinajstić information content (AvgIpc) is 2.77. The second-order valence-electron chi connectivity index (χ2n) is 6.48. The number of amides is 1. The van der Waals surface area contributed by atoms with Crippen LogP contribution < -0.4 is 4.74 Å². The predicted molar refractivity (Wildman–Crippen MR) is 110 cm³/mol. The van der Waals surface area contributed by atoms with Crippen molar-refractivity contribution in [3.05, 3.63) is 102 Å². The highest BCUT2D eigenvalue weighted by atomic mass is 16.5. The second kappa shape index (κ2) is 9.51. The molecule has 0 aliphatic heterocycles. The van der Waals surface area contributed by atoms with Crippen LogP contribution in [0.1, 0.15) is 32.7 Å². The number of ether oxygens (including phenoxy) is 1. The van der Waals surface area contributed by atoms with Crippen LogP contribution in [0.5, 0.6) is 5.75 Å². The van der Waals surface area contributed by atoms with E-state index in [1.165, 1.54) is 0 Å². The lowest BCUT2D eigenvalue weighted by Gasteiger charge is -2.19. The van der Waals surface area contributed by atoms with E-state index >= 15 is 0 Å². The van der Waals surface area contributed by atoms with Crippen molar-refractivity contribution in [2.45, 2.75) is 6.42 Å². The minimum Gasteiger partial charge on any atom is -0.494 e. The number of carbonyl (C=O) groups is 2. The molecule has 3 aromatic carbocycles. The summed E-state index contributed by atoms with van der Waals surface area (Å²) in [6, 6.07) is 25.6. The van der Waals surface area contributed by atoms with Crippen molar-refractivity contribution in [3.63, 3.8) is 0 Å². The lowest BCUT2D eigenvalue weighted by atomic mass is 9.97. The summed E-state index contributed by atoms with van der Waals surface area (Å²) in [7, 11) is 1.74. The van der Waals surface area contributed by atoms with Gasteiger partial charge in [0.15, 0.2) is 5.78 Å². The van der Waals surface area contributed by atoms with Gasteiger partial charge in [-0.05, 0) is 24.6 Å². The Bertz CT molecular complexity index is 923. The molecular weight excluding hydrogens is 350 g/mol. The number of carbonyl (C=O) groups excluding carboxylic acids is 2. The van der Waals surface area contributed by atoms with E-state index < -0.39 is 0 Å². The molecule has 0 unspecified atom stereocenters. The summed E-state index contributed by atoms with van der Waals surface area (Å²) in [4.78, 5) is 27.3. The van der Waals surface area contributed by atoms with Crippen molar-refractivity contribution in [1.82, 2.24) is 4.90 Å². The average molecular weight is 373 g/mol. The second-order valence-corrected chi connectivity index (χ2v) is 6.48. The molecule has 3 rings (SSSR count). The monoisotopic (exact) mass is 373 g/mol. The molecule has 142 valence electrons. The molecule has 0 aliphatic rings. The van der Waals surface area contributed by atoms with Crippen LogP contribution in [0.2, 0.25) is 0 Å². The first-order chi connectivity index (χ1) is 13.7. The highest BCUT2D eigenvalue weighted by Gasteiger charge is 2.20. The number of rotatable bonds is 8. The van der Waals surface area contributed by atoms with Gasteiger partial charge in [0, 0.05) is 24.7 Å². The standard InChI is InChI=1S/C24H23NO3/c1-25(17-10-18-28-20-13-6-3-7-14-20)24(27)22-16-9-8-15-21(22)23(26)19-11-4-2-5-12-19/h2-9,11-16H,10,17-18H2,1H3. The minimum atomic E-state index is -0.167. The summed E-state index contributed by atoms with van der Waals surface area (Å²) >= 11 is 0. The largest absolute Gasteiger partial charge is 0.494 e. The van der Waals surface area contributed by atoms with E-state index in [0.717, 1.165) is 5.75 Å². The number of hydrogen-bond donors (Lipinski definition) is 0. The molecule has 0 saturated heterocycles. The van der Waals surface area contributed by atoms with Crippen LogP contribution in [0.4, 0.5) is 0 Å². The van der Waals surface area contributed by atoms with Gasteiger partial charge in [0.25, 0.3) is 5.91 Å². The topological polar surface area (TPSA) is 46.6 Å². The molecule has 4 heteroatoms. The molecule has 0 aromatic heterocycles. The smallest absolute Gasteiger partial charge is 0.254 e. The lowest BCUT2D eigenvalue weighted by Crippen LogP contribution is -2.30. The SMILES string of the molecule is CN(CCCOc1ccccc1)C(=O)c1ccccc1C(=O)c1ccccc1. The van der Waals surface area contributed by atoms with Crippen molar-refractivity contribution in [2.24, 2.45) is 0 Å². The van der Waals surface area contributed by atoms with Crippen molar-refractivity contribution in [1.29, 1.82) is 0 Å². The summed E-state index contributed by atoms with van der Waals surface area (Å²) < 4.78 is 5.67. The molecule has 0 atom stereocenters. The molecule has 0 N–H and O–H groups in total. The highest BCUT2D eigenvalue weighted by Crippen LogP contribution is 2.17. The molecular formula is C24H23NO3. The van der Waals surface area contributed by atoms with E-state index in [1.807, 2.05) is 48.5 Å². The predicted octanol–water partition coefficient (Wildman–Crippen LogP) is 4.46. The fraction of sp³-hybridized carbons (Fsp3) is 0.167. The Morgan fingerprint density at radius 2 is 1.36 bits per heavy atom. The molecule has 1 amide bonds. The van der Waals surface area contributed by atoms with Crippen LogP contribution in [0.3, 0.4) is 0 Å². The minimum absolute atomic E-state index is 0.148. The summed E-state index contributed by atoms with van der Waals surface area (Å²) in [6.07, 6.45) is 0.700. The quantitative estimate of drug-likeness (QED) is 0.433. The van der Waals surface area contributed by atoms with Crippen LogP contribution in [0, 0.1) is 0 Å². The van der Waals surface area contributed by atoms with Crippen LogP contribution in [0.25, 0.3) is 0 Å². The Labute approximate surface area is 165 Å². The van der Waals surface area contributed by atoms with Gasteiger partial charge in [-0.1, -0.05) is 66.7 Å². The number of para-hydroxylation sites is 1. The summed E-state index contributed by atoms with van der Waals surface area (Å²) in [5, 5.41) is 0. The third-order valence-electron chi connectivity index (χ3n) is 4.43. The summed E-state index contributed by atoms with van der Waals surface area (Å²) in [6.45, 7) is 1.06. The number of hydrogen-bond acceptors (Lipinski definition) is 3. The zero-order chi connectivity index (χ0) is 19.8. The molecule has 0 bridgehead atoms. The maximum absolute atomic E-state index is 12.9. The van der Waals surface area contributed by atoms with Gasteiger partial charge in [0.2, 0.25) is 0 Å². The Kier molecular flexibility index (Phi) is 6.58. The van der Waals surface area contributed by atoms with Gasteiger partial charge in [0.05, 0.1) is 12.2 Å². The Hall–Kier alpha value is -3.40. The normalized spacial score (nSPS) is 10.3. The molecule has 28 heavy (non-hydrogen) atoms. The Balaban J connectivity index is 1.63. The van der Waals surface area contributed by atoms with Crippen molar-refractivity contribution < 1.29 is 14.3 Å². The molecule has 0 aliphatic carbocycles. The molecule has 0 radical (unpaired) electrons. The summed E-state index contributed by atoms with van der Waals surface area (Å²) in [5.74, 6) is 0.500. The van der Waals surface area contributed by atoms with E-state index in [0.29, 0.717) is 36.3 Å². The van der Waals surface area contributed by atoms with Gasteiger partial charge in [-0.3, -0.25) is 9.59 Å². The first kappa shape index (κ1) is 19.4. The number of ketones is 1. The van der Waals surface area contributed by atoms with E-state index in [1.54, 1.807) is 48.3 Å². The molecule has 0 fully saturated rings. The van der Waals surface area contributed by atoms with E-state index in [2.05, 4.69) is 0 Å². The zero-order valence-electron chi connectivity index (χ0n) is 15.9. The maximum Gasteiger partial charge on any atom is 0.254 e. The highest BCUT2D eigenvalue weighted by molar-refractivity contribution is 6.15. The molecule has 0 saturated carbocycles. The molecule has 0 spiro atoms. The number of nitrogens with zero attached hydrogens (tertiary/aromatic N) is 1. The Morgan fingerprint density at radius 3 is 2.04 bits per heavy atom. The molecule has 4 nitrogen and oxygen atoms in total. The van der Waals surface area contributed by atoms with Gasteiger partial charge in [-0.2, -0.15) is 0 Å². The van der Waals surface area contributed by atoms with Gasteiger partial charge in [0.1, 0.15) is 5.75 Å². The van der Waals surface area contributed by atoms with Crippen LogP contribution >= 0.6 is 0 Å². The molecule has 3 aromatic rings. The van der Waals surface area contributed by atoms with Gasteiger partial charge >= 0.3 is 0 Å². The van der Waals surface area contributed by atoms with Gasteiger partial charge in [-0.15, -0.1) is 0 Å². The number of benzene rings is 3. The van der Waals surface area contributed by atoms with Crippen LogP contribution in [0.15, 0.2) is 84.9 Å². The van der Waals surface area contributed by atoms with Crippen LogP contribution in [-0.4, -0.2) is 36.8 Å². The third-order valence-corrected chi connectivity index (χ3v) is 4.43.